The van der Waals surface area contributed by atoms with Crippen molar-refractivity contribution in [2.45, 2.75) is 31.5 Å². The predicted octanol–water partition coefficient (Wildman–Crippen LogP) is 2.43. The average molecular weight is 577 g/mol. The van der Waals surface area contributed by atoms with Gasteiger partial charge < -0.3 is 10.8 Å². The second kappa shape index (κ2) is 10.1. The van der Waals surface area contributed by atoms with Crippen molar-refractivity contribution in [3.05, 3.63) is 75.4 Å². The van der Waals surface area contributed by atoms with Crippen LogP contribution in [0.1, 0.15) is 22.0 Å². The standard InChI is InChI=1S/C21H15ClF6N8O3/c22-11-3-1-10(2-4-11)17-33-35(19(39)34(17)8-14(37)21(26,27)28)9-15-31-18(16(29)38)36(32-15)13-7-30-6-5-12(13)20(23,24)25/h1-7,14,37H,8-9H2,(H2,29,38)/t14-/m0/s1. The summed E-state index contributed by atoms with van der Waals surface area (Å²) >= 11 is 5.84. The van der Waals surface area contributed by atoms with Gasteiger partial charge in [0, 0.05) is 16.8 Å². The molecule has 3 aromatic heterocycles. The molecule has 18 heteroatoms. The van der Waals surface area contributed by atoms with Crippen LogP contribution in [-0.2, 0) is 19.3 Å². The van der Waals surface area contributed by atoms with Crippen LogP contribution in [-0.4, -0.2) is 57.4 Å². The smallest absolute Gasteiger partial charge is 0.382 e. The predicted molar refractivity (Wildman–Crippen MR) is 121 cm³/mol. The molecule has 39 heavy (non-hydrogen) atoms. The van der Waals surface area contributed by atoms with Crippen molar-refractivity contribution in [2.75, 3.05) is 0 Å². The number of nitrogens with zero attached hydrogens (tertiary/aromatic N) is 7. The van der Waals surface area contributed by atoms with Gasteiger partial charge in [-0.15, -0.1) is 10.2 Å². The Morgan fingerprint density at radius 1 is 1.08 bits per heavy atom. The Kier molecular flexibility index (Phi) is 7.22. The first-order valence-corrected chi connectivity index (χ1v) is 11.0. The number of benzene rings is 1. The van der Waals surface area contributed by atoms with Crippen LogP contribution in [0.3, 0.4) is 0 Å². The van der Waals surface area contributed by atoms with Crippen molar-refractivity contribution in [3.63, 3.8) is 0 Å². The fraction of sp³-hybridized carbons (Fsp3) is 0.238. The van der Waals surface area contributed by atoms with Crippen molar-refractivity contribution in [1.29, 1.82) is 0 Å². The molecule has 3 heterocycles. The highest BCUT2D eigenvalue weighted by atomic mass is 35.5. The molecule has 1 aromatic carbocycles. The summed E-state index contributed by atoms with van der Waals surface area (Å²) < 4.78 is 81.4. The number of pyridine rings is 1. The van der Waals surface area contributed by atoms with E-state index >= 15 is 0 Å². The van der Waals surface area contributed by atoms with E-state index in [4.69, 9.17) is 17.3 Å². The molecule has 0 aliphatic rings. The number of nitrogens with two attached hydrogens (primary N) is 1. The van der Waals surface area contributed by atoms with Crippen LogP contribution in [0.15, 0.2) is 47.5 Å². The molecule has 4 aromatic rings. The fourth-order valence-corrected chi connectivity index (χ4v) is 3.60. The highest BCUT2D eigenvalue weighted by molar-refractivity contribution is 6.30. The van der Waals surface area contributed by atoms with E-state index < -0.39 is 66.0 Å². The molecule has 0 fully saturated rings. The molecule has 0 unspecified atom stereocenters. The number of rotatable bonds is 7. The lowest BCUT2D eigenvalue weighted by atomic mass is 10.2. The monoisotopic (exact) mass is 576 g/mol. The highest BCUT2D eigenvalue weighted by Crippen LogP contribution is 2.33. The second-order valence-corrected chi connectivity index (χ2v) is 8.39. The number of halogens is 7. The Bertz CT molecular complexity index is 1580. The Morgan fingerprint density at radius 2 is 1.74 bits per heavy atom. The minimum atomic E-state index is -5.06. The number of aliphatic hydroxyl groups is 1. The zero-order valence-electron chi connectivity index (χ0n) is 19.2. The fourth-order valence-electron chi connectivity index (χ4n) is 3.48. The molecule has 0 aliphatic carbocycles. The number of carbonyl (C=O) groups excluding carboxylic acids is 1. The first kappa shape index (κ1) is 27.8. The van der Waals surface area contributed by atoms with Gasteiger partial charge in [0.15, 0.2) is 17.8 Å². The van der Waals surface area contributed by atoms with E-state index in [1.165, 1.54) is 24.3 Å². The minimum absolute atomic E-state index is 0.158. The Hall–Kier alpha value is -4.25. The number of hydrogen-bond donors (Lipinski definition) is 2. The maximum absolute atomic E-state index is 13.5. The quantitative estimate of drug-likeness (QED) is 0.321. The number of primary amides is 1. The maximum Gasteiger partial charge on any atom is 0.418 e. The molecule has 3 N–H and O–H groups in total. The first-order valence-electron chi connectivity index (χ1n) is 10.6. The Balaban J connectivity index is 1.81. The van der Waals surface area contributed by atoms with Crippen molar-refractivity contribution >= 4 is 17.5 Å². The van der Waals surface area contributed by atoms with Gasteiger partial charge in [-0.05, 0) is 30.3 Å². The molecular formula is C21H15ClF6N8O3. The topological polar surface area (TPSA) is 147 Å². The van der Waals surface area contributed by atoms with E-state index in [1.807, 2.05) is 0 Å². The van der Waals surface area contributed by atoms with Crippen LogP contribution >= 0.6 is 11.6 Å². The van der Waals surface area contributed by atoms with Gasteiger partial charge in [-0.1, -0.05) is 11.6 Å². The van der Waals surface area contributed by atoms with Gasteiger partial charge in [0.2, 0.25) is 5.82 Å². The van der Waals surface area contributed by atoms with Crippen molar-refractivity contribution in [1.82, 2.24) is 34.1 Å². The molecule has 0 saturated heterocycles. The van der Waals surface area contributed by atoms with Gasteiger partial charge in [-0.25, -0.2) is 19.1 Å². The van der Waals surface area contributed by atoms with E-state index in [9.17, 15) is 41.0 Å². The van der Waals surface area contributed by atoms with Crippen LogP contribution in [0.4, 0.5) is 26.3 Å². The molecule has 206 valence electrons. The average Bonchev–Trinajstić information content (AvgIpc) is 3.41. The number of carbonyl (C=O) groups is 1. The summed E-state index contributed by atoms with van der Waals surface area (Å²) in [6.45, 7) is -1.91. The number of aliphatic hydroxyl groups excluding tert-OH is 1. The molecule has 1 amide bonds. The molecule has 0 saturated carbocycles. The van der Waals surface area contributed by atoms with Crippen LogP contribution in [0.2, 0.25) is 5.02 Å². The summed E-state index contributed by atoms with van der Waals surface area (Å²) in [5, 5.41) is 17.7. The number of alkyl halides is 6. The highest BCUT2D eigenvalue weighted by Gasteiger charge is 2.39. The lowest BCUT2D eigenvalue weighted by molar-refractivity contribution is -0.207. The van der Waals surface area contributed by atoms with E-state index in [0.29, 0.717) is 20.0 Å². The van der Waals surface area contributed by atoms with E-state index in [-0.39, 0.29) is 16.4 Å². The van der Waals surface area contributed by atoms with E-state index in [1.54, 1.807) is 0 Å². The van der Waals surface area contributed by atoms with Gasteiger partial charge in [-0.2, -0.15) is 26.3 Å². The van der Waals surface area contributed by atoms with Gasteiger partial charge >= 0.3 is 18.0 Å². The molecule has 0 aliphatic heterocycles. The van der Waals surface area contributed by atoms with Gasteiger partial charge in [-0.3, -0.25) is 14.3 Å². The largest absolute Gasteiger partial charge is 0.418 e. The lowest BCUT2D eigenvalue weighted by Crippen LogP contribution is -2.37. The van der Waals surface area contributed by atoms with Gasteiger partial charge in [0.25, 0.3) is 5.91 Å². The van der Waals surface area contributed by atoms with Crippen LogP contribution in [0, 0.1) is 0 Å². The third-order valence-corrected chi connectivity index (χ3v) is 5.51. The minimum Gasteiger partial charge on any atom is -0.382 e. The zero-order chi connectivity index (χ0) is 28.7. The number of amides is 1. The summed E-state index contributed by atoms with van der Waals surface area (Å²) in [4.78, 5) is 32.4. The first-order chi connectivity index (χ1) is 18.2. The summed E-state index contributed by atoms with van der Waals surface area (Å²) in [5.74, 6) is -2.71. The number of hydrogen-bond acceptors (Lipinski definition) is 7. The second-order valence-electron chi connectivity index (χ2n) is 7.96. The SMILES string of the molecule is NC(=O)c1nc(Cn2nc(-c3ccc(Cl)cc3)n(C[C@H](O)C(F)(F)F)c2=O)nn1-c1cnccc1C(F)(F)F. The molecule has 4 rings (SSSR count). The Morgan fingerprint density at radius 3 is 2.33 bits per heavy atom. The van der Waals surface area contributed by atoms with Gasteiger partial charge in [0.05, 0.1) is 24.0 Å². The van der Waals surface area contributed by atoms with Crippen molar-refractivity contribution in [2.24, 2.45) is 5.73 Å². The molecule has 0 spiro atoms. The molecule has 0 bridgehead atoms. The van der Waals surface area contributed by atoms with Crippen molar-refractivity contribution < 1.29 is 36.2 Å². The van der Waals surface area contributed by atoms with Crippen LogP contribution in [0.25, 0.3) is 17.1 Å². The summed E-state index contributed by atoms with van der Waals surface area (Å²) in [5.41, 5.74) is 2.37. The molecule has 1 atom stereocenters. The van der Waals surface area contributed by atoms with Crippen molar-refractivity contribution in [3.8, 4) is 17.1 Å². The lowest BCUT2D eigenvalue weighted by Gasteiger charge is -2.15. The van der Waals surface area contributed by atoms with Gasteiger partial charge in [0.1, 0.15) is 6.54 Å². The molecule has 11 nitrogen and oxygen atoms in total. The Labute approximate surface area is 218 Å². The maximum atomic E-state index is 13.5. The van der Waals surface area contributed by atoms with E-state index in [0.717, 1.165) is 12.4 Å². The van der Waals surface area contributed by atoms with Crippen LogP contribution < -0.4 is 11.4 Å². The van der Waals surface area contributed by atoms with E-state index in [2.05, 4.69) is 20.2 Å². The molecule has 0 radical (unpaired) electrons. The summed E-state index contributed by atoms with van der Waals surface area (Å²) in [7, 11) is 0. The third kappa shape index (κ3) is 5.78. The third-order valence-electron chi connectivity index (χ3n) is 5.25. The molecular weight excluding hydrogens is 562 g/mol. The zero-order valence-corrected chi connectivity index (χ0v) is 19.9. The normalized spacial score (nSPS) is 13.0. The number of aromatic nitrogens is 7. The summed E-state index contributed by atoms with van der Waals surface area (Å²) in [6.07, 6.45) is -11.2. The van der Waals surface area contributed by atoms with Crippen LogP contribution in [0.5, 0.6) is 0 Å². The summed E-state index contributed by atoms with van der Waals surface area (Å²) in [6, 6.07) is 6.14.